The van der Waals surface area contributed by atoms with Gasteiger partial charge in [-0.2, -0.15) is 0 Å². The van der Waals surface area contributed by atoms with Gasteiger partial charge in [0.05, 0.1) is 0 Å². The first-order chi connectivity index (χ1) is 6.83. The lowest BCUT2D eigenvalue weighted by molar-refractivity contribution is 0.693. The first-order valence-electron chi connectivity index (χ1n) is 4.94. The monoisotopic (exact) mass is 251 g/mol. The SMILES string of the molecule is Cc1cc2ccccc2n1CCCBr. The summed E-state index contributed by atoms with van der Waals surface area (Å²) in [4.78, 5) is 0. The largest absolute Gasteiger partial charge is 0.345 e. The fraction of sp³-hybridized carbons (Fsp3) is 0.333. The summed E-state index contributed by atoms with van der Waals surface area (Å²) in [7, 11) is 0. The van der Waals surface area contributed by atoms with E-state index in [1.165, 1.54) is 23.0 Å². The van der Waals surface area contributed by atoms with Crippen molar-refractivity contribution < 1.29 is 0 Å². The fourth-order valence-electron chi connectivity index (χ4n) is 1.86. The third-order valence-electron chi connectivity index (χ3n) is 2.53. The van der Waals surface area contributed by atoms with Crippen LogP contribution in [0.25, 0.3) is 10.9 Å². The van der Waals surface area contributed by atoms with Gasteiger partial charge in [0.1, 0.15) is 0 Å². The van der Waals surface area contributed by atoms with Crippen LogP contribution in [0.15, 0.2) is 30.3 Å². The van der Waals surface area contributed by atoms with Crippen LogP contribution in [0.2, 0.25) is 0 Å². The van der Waals surface area contributed by atoms with E-state index in [4.69, 9.17) is 0 Å². The number of halogens is 1. The van der Waals surface area contributed by atoms with E-state index in [0.717, 1.165) is 11.9 Å². The Bertz CT molecular complexity index is 431. The topological polar surface area (TPSA) is 4.93 Å². The zero-order chi connectivity index (χ0) is 9.97. The summed E-state index contributed by atoms with van der Waals surface area (Å²) in [6.45, 7) is 3.28. The molecule has 1 heterocycles. The van der Waals surface area contributed by atoms with Gasteiger partial charge in [-0.3, -0.25) is 0 Å². The lowest BCUT2D eigenvalue weighted by atomic mass is 10.2. The molecule has 0 atom stereocenters. The van der Waals surface area contributed by atoms with E-state index in [9.17, 15) is 0 Å². The molecule has 1 aromatic carbocycles. The average molecular weight is 252 g/mol. The van der Waals surface area contributed by atoms with Crippen LogP contribution in [0, 0.1) is 6.92 Å². The van der Waals surface area contributed by atoms with Crippen molar-refractivity contribution in [2.24, 2.45) is 0 Å². The van der Waals surface area contributed by atoms with Gasteiger partial charge in [0.25, 0.3) is 0 Å². The van der Waals surface area contributed by atoms with Gasteiger partial charge < -0.3 is 4.57 Å². The van der Waals surface area contributed by atoms with Crippen molar-refractivity contribution in [1.82, 2.24) is 4.57 Å². The molecule has 1 nitrogen and oxygen atoms in total. The Morgan fingerprint density at radius 1 is 1.29 bits per heavy atom. The summed E-state index contributed by atoms with van der Waals surface area (Å²) in [5.74, 6) is 0. The molecule has 0 aliphatic rings. The number of benzene rings is 1. The van der Waals surface area contributed by atoms with Crippen LogP contribution in [0.5, 0.6) is 0 Å². The third kappa shape index (κ3) is 1.71. The van der Waals surface area contributed by atoms with Gasteiger partial charge in [0.15, 0.2) is 0 Å². The predicted molar refractivity (Wildman–Crippen MR) is 65.1 cm³/mol. The third-order valence-corrected chi connectivity index (χ3v) is 3.09. The molecule has 14 heavy (non-hydrogen) atoms. The molecule has 0 aliphatic carbocycles. The minimum atomic E-state index is 1.07. The summed E-state index contributed by atoms with van der Waals surface area (Å²) in [5, 5.41) is 2.42. The number of aromatic nitrogens is 1. The molecular formula is C12H14BrN. The molecular weight excluding hydrogens is 238 g/mol. The van der Waals surface area contributed by atoms with E-state index in [0.29, 0.717) is 0 Å². The van der Waals surface area contributed by atoms with E-state index in [1.54, 1.807) is 0 Å². The van der Waals surface area contributed by atoms with Gasteiger partial charge in [-0.15, -0.1) is 0 Å². The number of nitrogens with zero attached hydrogens (tertiary/aromatic N) is 1. The molecule has 0 unspecified atom stereocenters. The first kappa shape index (κ1) is 9.78. The molecule has 2 aromatic rings. The number of rotatable bonds is 3. The number of hydrogen-bond acceptors (Lipinski definition) is 0. The quantitative estimate of drug-likeness (QED) is 0.733. The van der Waals surface area contributed by atoms with E-state index in [1.807, 2.05) is 0 Å². The second kappa shape index (κ2) is 4.18. The number of fused-ring (bicyclic) bond motifs is 1. The molecule has 0 aliphatic heterocycles. The molecule has 2 heteroatoms. The summed E-state index contributed by atoms with van der Waals surface area (Å²) in [6.07, 6.45) is 1.18. The maximum absolute atomic E-state index is 3.47. The molecule has 74 valence electrons. The van der Waals surface area contributed by atoms with Gasteiger partial charge in [-0.25, -0.2) is 0 Å². The highest BCUT2D eigenvalue weighted by molar-refractivity contribution is 9.09. The zero-order valence-corrected chi connectivity index (χ0v) is 9.92. The maximum atomic E-state index is 3.47. The van der Waals surface area contributed by atoms with Crippen LogP contribution in [-0.4, -0.2) is 9.90 Å². The Hall–Kier alpha value is -0.760. The molecule has 0 radical (unpaired) electrons. The lowest BCUT2D eigenvalue weighted by Crippen LogP contribution is -1.99. The number of aryl methyl sites for hydroxylation is 2. The highest BCUT2D eigenvalue weighted by Crippen LogP contribution is 2.19. The molecule has 0 fully saturated rings. The van der Waals surface area contributed by atoms with Gasteiger partial charge in [-0.05, 0) is 30.9 Å². The van der Waals surface area contributed by atoms with Crippen molar-refractivity contribution >= 4 is 26.8 Å². The van der Waals surface area contributed by atoms with Crippen molar-refractivity contribution in [3.05, 3.63) is 36.0 Å². The van der Waals surface area contributed by atoms with Crippen molar-refractivity contribution in [3.8, 4) is 0 Å². The summed E-state index contributed by atoms with van der Waals surface area (Å²) in [6, 6.07) is 10.8. The number of hydrogen-bond donors (Lipinski definition) is 0. The second-order valence-corrected chi connectivity index (χ2v) is 4.33. The molecule has 0 amide bonds. The highest BCUT2D eigenvalue weighted by Gasteiger charge is 2.03. The average Bonchev–Trinajstić information content (AvgIpc) is 2.51. The Balaban J connectivity index is 2.45. The smallest absolute Gasteiger partial charge is 0.0482 e. The van der Waals surface area contributed by atoms with E-state index < -0.39 is 0 Å². The lowest BCUT2D eigenvalue weighted by Gasteiger charge is -2.06. The van der Waals surface area contributed by atoms with Crippen molar-refractivity contribution in [1.29, 1.82) is 0 Å². The maximum Gasteiger partial charge on any atom is 0.0482 e. The molecule has 1 aromatic heterocycles. The van der Waals surface area contributed by atoms with Crippen LogP contribution in [0.1, 0.15) is 12.1 Å². The normalized spacial score (nSPS) is 11.0. The highest BCUT2D eigenvalue weighted by atomic mass is 79.9. The Morgan fingerprint density at radius 3 is 2.86 bits per heavy atom. The van der Waals surface area contributed by atoms with Crippen molar-refractivity contribution in [3.63, 3.8) is 0 Å². The molecule has 0 N–H and O–H groups in total. The Kier molecular flexibility index (Phi) is 2.92. The van der Waals surface area contributed by atoms with Crippen molar-refractivity contribution in [2.75, 3.05) is 5.33 Å². The summed E-state index contributed by atoms with van der Waals surface area (Å²) >= 11 is 3.47. The minimum Gasteiger partial charge on any atom is -0.345 e. The fourth-order valence-corrected chi connectivity index (χ4v) is 2.11. The van der Waals surface area contributed by atoms with E-state index >= 15 is 0 Å². The first-order valence-corrected chi connectivity index (χ1v) is 6.06. The Labute approximate surface area is 92.9 Å². The predicted octanol–water partition coefficient (Wildman–Crippen LogP) is 3.73. The molecule has 0 saturated heterocycles. The van der Waals surface area contributed by atoms with Crippen LogP contribution < -0.4 is 0 Å². The number of para-hydroxylation sites is 1. The summed E-state index contributed by atoms with van der Waals surface area (Å²) in [5.41, 5.74) is 2.71. The van der Waals surface area contributed by atoms with Gasteiger partial charge in [-0.1, -0.05) is 34.1 Å². The summed E-state index contributed by atoms with van der Waals surface area (Å²) < 4.78 is 2.39. The molecule has 2 rings (SSSR count). The molecule has 0 saturated carbocycles. The van der Waals surface area contributed by atoms with Crippen LogP contribution >= 0.6 is 15.9 Å². The zero-order valence-electron chi connectivity index (χ0n) is 8.33. The van der Waals surface area contributed by atoms with Gasteiger partial charge in [0.2, 0.25) is 0 Å². The standard InChI is InChI=1S/C12H14BrN/c1-10-9-11-5-2-3-6-12(11)14(10)8-4-7-13/h2-3,5-6,9H,4,7-8H2,1H3. The second-order valence-electron chi connectivity index (χ2n) is 3.54. The van der Waals surface area contributed by atoms with E-state index in [-0.39, 0.29) is 0 Å². The van der Waals surface area contributed by atoms with Crippen molar-refractivity contribution in [2.45, 2.75) is 19.9 Å². The van der Waals surface area contributed by atoms with E-state index in [2.05, 4.69) is 57.8 Å². The Morgan fingerprint density at radius 2 is 2.07 bits per heavy atom. The van der Waals surface area contributed by atoms with Gasteiger partial charge >= 0.3 is 0 Å². The van der Waals surface area contributed by atoms with Crippen LogP contribution in [0.4, 0.5) is 0 Å². The molecule has 0 spiro atoms. The van der Waals surface area contributed by atoms with Crippen LogP contribution in [0.3, 0.4) is 0 Å². The van der Waals surface area contributed by atoms with Gasteiger partial charge in [0, 0.05) is 23.1 Å². The minimum absolute atomic E-state index is 1.07. The molecule has 0 bridgehead atoms. The number of alkyl halides is 1. The van der Waals surface area contributed by atoms with Crippen LogP contribution in [-0.2, 0) is 6.54 Å².